The minimum Gasteiger partial charge on any atom is -0.480 e. The first-order chi connectivity index (χ1) is 12.4. The number of aliphatic carboxylic acids is 1. The molecular weight excluding hydrogens is 356 g/mol. The van der Waals surface area contributed by atoms with Crippen LogP contribution in [0.15, 0.2) is 30.3 Å². The summed E-state index contributed by atoms with van der Waals surface area (Å²) in [6, 6.07) is 9.08. The van der Waals surface area contributed by atoms with Gasteiger partial charge in [-0.2, -0.15) is 0 Å². The summed E-state index contributed by atoms with van der Waals surface area (Å²) < 4.78 is 24.2. The molecule has 3 rings (SSSR count). The highest BCUT2D eigenvalue weighted by Crippen LogP contribution is 2.27. The predicted molar refractivity (Wildman–Crippen MR) is 96.5 cm³/mol. The predicted octanol–water partition coefficient (Wildman–Crippen LogP) is 0.404. The van der Waals surface area contributed by atoms with Gasteiger partial charge in [-0.3, -0.25) is 14.5 Å². The van der Waals surface area contributed by atoms with E-state index < -0.39 is 27.9 Å². The SMILES string of the molecule is O=C(O)CN1CCN(C(=O)CCCc2ccccc2)C2CS(=O)(=O)CC21. The number of hydrogen-bond donors (Lipinski definition) is 1. The number of benzene rings is 1. The molecule has 1 N–H and O–H groups in total. The number of amides is 1. The number of rotatable bonds is 6. The number of sulfone groups is 1. The van der Waals surface area contributed by atoms with Gasteiger partial charge < -0.3 is 10.0 Å². The zero-order valence-electron chi connectivity index (χ0n) is 14.6. The number of carbonyl (C=O) groups excluding carboxylic acids is 1. The van der Waals surface area contributed by atoms with E-state index in [4.69, 9.17) is 5.11 Å². The van der Waals surface area contributed by atoms with Crippen molar-refractivity contribution in [2.24, 2.45) is 0 Å². The number of piperazine rings is 1. The van der Waals surface area contributed by atoms with Crippen molar-refractivity contribution in [3.05, 3.63) is 35.9 Å². The van der Waals surface area contributed by atoms with E-state index in [-0.39, 0.29) is 24.0 Å². The highest BCUT2D eigenvalue weighted by atomic mass is 32.2. The second kappa shape index (κ2) is 7.75. The van der Waals surface area contributed by atoms with Gasteiger partial charge in [-0.15, -0.1) is 0 Å². The van der Waals surface area contributed by atoms with Crippen LogP contribution in [0.25, 0.3) is 0 Å². The van der Waals surface area contributed by atoms with Gasteiger partial charge >= 0.3 is 5.97 Å². The van der Waals surface area contributed by atoms with Gasteiger partial charge in [-0.25, -0.2) is 8.42 Å². The molecular formula is C18H24N2O5S. The number of nitrogens with zero attached hydrogens (tertiary/aromatic N) is 2. The summed E-state index contributed by atoms with van der Waals surface area (Å²) in [5.41, 5.74) is 1.17. The van der Waals surface area contributed by atoms with Crippen LogP contribution in [0.5, 0.6) is 0 Å². The molecule has 26 heavy (non-hydrogen) atoms. The molecule has 2 saturated heterocycles. The quantitative estimate of drug-likeness (QED) is 0.768. The van der Waals surface area contributed by atoms with Crippen LogP contribution in [-0.2, 0) is 25.8 Å². The lowest BCUT2D eigenvalue weighted by Gasteiger charge is -2.43. The van der Waals surface area contributed by atoms with Gasteiger partial charge in [0.25, 0.3) is 0 Å². The average molecular weight is 380 g/mol. The van der Waals surface area contributed by atoms with Crippen LogP contribution in [0.1, 0.15) is 18.4 Å². The molecule has 2 unspecified atom stereocenters. The third-order valence-electron chi connectivity index (χ3n) is 5.15. The topological polar surface area (TPSA) is 95.0 Å². The maximum absolute atomic E-state index is 12.7. The molecule has 2 aliphatic heterocycles. The summed E-state index contributed by atoms with van der Waals surface area (Å²) in [5, 5.41) is 9.04. The Labute approximate surface area is 153 Å². The summed E-state index contributed by atoms with van der Waals surface area (Å²) in [5.74, 6) is -1.16. The highest BCUT2D eigenvalue weighted by Gasteiger charge is 2.48. The summed E-state index contributed by atoms with van der Waals surface area (Å²) in [7, 11) is -3.26. The highest BCUT2D eigenvalue weighted by molar-refractivity contribution is 7.91. The van der Waals surface area contributed by atoms with E-state index in [0.29, 0.717) is 25.9 Å². The van der Waals surface area contributed by atoms with Gasteiger partial charge in [0.05, 0.1) is 24.1 Å². The fourth-order valence-corrected chi connectivity index (χ4v) is 5.95. The third kappa shape index (κ3) is 4.42. The Hall–Kier alpha value is -1.93. The maximum Gasteiger partial charge on any atom is 0.317 e. The van der Waals surface area contributed by atoms with Gasteiger partial charge in [-0.05, 0) is 18.4 Å². The Morgan fingerprint density at radius 3 is 2.46 bits per heavy atom. The molecule has 2 fully saturated rings. The molecule has 1 aromatic rings. The molecule has 2 heterocycles. The molecule has 8 heteroatoms. The van der Waals surface area contributed by atoms with Crippen molar-refractivity contribution >= 4 is 21.7 Å². The molecule has 7 nitrogen and oxygen atoms in total. The second-order valence-electron chi connectivity index (χ2n) is 7.00. The Morgan fingerprint density at radius 2 is 1.77 bits per heavy atom. The molecule has 2 aliphatic rings. The number of fused-ring (bicyclic) bond motifs is 1. The van der Waals surface area contributed by atoms with E-state index in [2.05, 4.69) is 0 Å². The van der Waals surface area contributed by atoms with Crippen LogP contribution < -0.4 is 0 Å². The lowest BCUT2D eigenvalue weighted by Crippen LogP contribution is -2.61. The van der Waals surface area contributed by atoms with Crippen LogP contribution >= 0.6 is 0 Å². The average Bonchev–Trinajstić information content (AvgIpc) is 2.91. The minimum absolute atomic E-state index is 0.0389. The first kappa shape index (κ1) is 18.8. The van der Waals surface area contributed by atoms with Crippen LogP contribution in [0.3, 0.4) is 0 Å². The second-order valence-corrected chi connectivity index (χ2v) is 9.16. The number of carbonyl (C=O) groups is 2. The summed E-state index contributed by atoms with van der Waals surface area (Å²) in [4.78, 5) is 27.1. The molecule has 0 aromatic heterocycles. The van der Waals surface area contributed by atoms with Gasteiger partial charge in [0.1, 0.15) is 0 Å². The van der Waals surface area contributed by atoms with E-state index >= 15 is 0 Å². The van der Waals surface area contributed by atoms with Crippen molar-refractivity contribution in [3.8, 4) is 0 Å². The molecule has 0 bridgehead atoms. The van der Waals surface area contributed by atoms with Crippen LogP contribution in [-0.4, -0.2) is 78.4 Å². The van der Waals surface area contributed by atoms with Gasteiger partial charge in [0.2, 0.25) is 5.91 Å². The van der Waals surface area contributed by atoms with Crippen molar-refractivity contribution in [1.82, 2.24) is 9.80 Å². The largest absolute Gasteiger partial charge is 0.480 e. The van der Waals surface area contributed by atoms with Crippen molar-refractivity contribution in [1.29, 1.82) is 0 Å². The first-order valence-corrected chi connectivity index (χ1v) is 10.7. The van der Waals surface area contributed by atoms with E-state index in [1.807, 2.05) is 30.3 Å². The zero-order valence-corrected chi connectivity index (χ0v) is 15.4. The molecule has 0 aliphatic carbocycles. The maximum atomic E-state index is 12.7. The summed E-state index contributed by atoms with van der Waals surface area (Å²) in [6.07, 6.45) is 1.89. The van der Waals surface area contributed by atoms with E-state index in [9.17, 15) is 18.0 Å². The van der Waals surface area contributed by atoms with Crippen molar-refractivity contribution < 1.29 is 23.1 Å². The first-order valence-electron chi connectivity index (χ1n) is 8.85. The number of carboxylic acids is 1. The molecule has 2 atom stereocenters. The van der Waals surface area contributed by atoms with Crippen molar-refractivity contribution in [2.75, 3.05) is 31.1 Å². The number of carboxylic acid groups (broad SMARTS) is 1. The fourth-order valence-electron chi connectivity index (χ4n) is 3.94. The van der Waals surface area contributed by atoms with E-state index in [1.54, 1.807) is 9.80 Å². The van der Waals surface area contributed by atoms with Crippen molar-refractivity contribution in [2.45, 2.75) is 31.3 Å². The molecule has 142 valence electrons. The normalized spacial score (nSPS) is 25.0. The third-order valence-corrected chi connectivity index (χ3v) is 6.85. The Morgan fingerprint density at radius 1 is 1.08 bits per heavy atom. The molecule has 1 amide bonds. The standard InChI is InChI=1S/C18H24N2O5S/c21-17(8-4-7-14-5-2-1-3-6-14)20-10-9-19(11-18(22)23)15-12-26(24,25)13-16(15)20/h1-3,5-6,15-16H,4,7-13H2,(H,22,23). The molecule has 0 radical (unpaired) electrons. The van der Waals surface area contributed by atoms with Gasteiger partial charge in [0.15, 0.2) is 9.84 Å². The number of hydrogen-bond acceptors (Lipinski definition) is 5. The van der Waals surface area contributed by atoms with Crippen LogP contribution in [0, 0.1) is 0 Å². The Balaban J connectivity index is 1.62. The van der Waals surface area contributed by atoms with Crippen LogP contribution in [0.4, 0.5) is 0 Å². The smallest absolute Gasteiger partial charge is 0.317 e. The van der Waals surface area contributed by atoms with Gasteiger partial charge in [0, 0.05) is 25.6 Å². The lowest BCUT2D eigenvalue weighted by molar-refractivity contribution is -0.142. The fraction of sp³-hybridized carbons (Fsp3) is 0.556. The Kier molecular flexibility index (Phi) is 5.62. The van der Waals surface area contributed by atoms with Crippen LogP contribution in [0.2, 0.25) is 0 Å². The van der Waals surface area contributed by atoms with E-state index in [0.717, 1.165) is 6.42 Å². The van der Waals surface area contributed by atoms with Gasteiger partial charge in [-0.1, -0.05) is 30.3 Å². The molecule has 1 aromatic carbocycles. The zero-order chi connectivity index (χ0) is 18.7. The lowest BCUT2D eigenvalue weighted by atomic mass is 10.0. The minimum atomic E-state index is -3.26. The summed E-state index contributed by atoms with van der Waals surface area (Å²) >= 11 is 0. The number of aryl methyl sites for hydroxylation is 1. The molecule has 0 saturated carbocycles. The van der Waals surface area contributed by atoms with Crippen molar-refractivity contribution in [3.63, 3.8) is 0 Å². The van der Waals surface area contributed by atoms with E-state index in [1.165, 1.54) is 5.56 Å². The monoisotopic (exact) mass is 380 g/mol. The Bertz CT molecular complexity index is 765. The summed E-state index contributed by atoms with van der Waals surface area (Å²) in [6.45, 7) is 0.592. The molecule has 0 spiro atoms.